The number of anilines is 1. The first kappa shape index (κ1) is 26.0. The highest BCUT2D eigenvalue weighted by Crippen LogP contribution is 2.50. The number of carbonyl (C=O) groups excluding carboxylic acids is 1. The number of halogens is 5. The van der Waals surface area contributed by atoms with Gasteiger partial charge >= 0.3 is 12.2 Å². The highest BCUT2D eigenvalue weighted by atomic mass is 19.4. The van der Waals surface area contributed by atoms with Crippen LogP contribution in [-0.4, -0.2) is 50.8 Å². The second-order valence-corrected chi connectivity index (χ2v) is 9.35. The number of likely N-dealkylation sites (N-methyl/N-ethyl adjacent to an activating group) is 1. The van der Waals surface area contributed by atoms with Gasteiger partial charge in [-0.05, 0) is 63.0 Å². The van der Waals surface area contributed by atoms with Crippen molar-refractivity contribution in [1.29, 1.82) is 0 Å². The van der Waals surface area contributed by atoms with Crippen molar-refractivity contribution in [3.8, 4) is 11.5 Å². The number of fused-ring (bicyclic) bond motifs is 1. The molecule has 0 aromatic heterocycles. The van der Waals surface area contributed by atoms with E-state index in [1.54, 1.807) is 14.2 Å². The Balaban J connectivity index is 1.49. The fourth-order valence-electron chi connectivity index (χ4n) is 5.60. The van der Waals surface area contributed by atoms with Crippen LogP contribution < -0.4 is 20.1 Å². The number of methoxy groups -OCH3 is 2. The van der Waals surface area contributed by atoms with E-state index in [1.807, 2.05) is 25.2 Å². The molecule has 3 atom stereocenters. The molecule has 36 heavy (non-hydrogen) atoms. The Hall–Kier alpha value is -3.08. The Labute approximate surface area is 205 Å². The summed E-state index contributed by atoms with van der Waals surface area (Å²) in [5.41, 5.74) is -1.43. The van der Waals surface area contributed by atoms with Gasteiger partial charge in [0.1, 0.15) is 11.6 Å². The Bertz CT molecular complexity index is 1140. The molecule has 0 unspecified atom stereocenters. The summed E-state index contributed by atoms with van der Waals surface area (Å²) in [7, 11) is 5.17. The zero-order chi connectivity index (χ0) is 26.3. The number of benzene rings is 2. The van der Waals surface area contributed by atoms with Crippen LogP contribution in [0.25, 0.3) is 0 Å². The summed E-state index contributed by atoms with van der Waals surface area (Å²) < 4.78 is 77.4. The summed E-state index contributed by atoms with van der Waals surface area (Å²) in [6.07, 6.45) is -2.13. The maximum Gasteiger partial charge on any atom is 0.419 e. The fourth-order valence-corrected chi connectivity index (χ4v) is 5.60. The van der Waals surface area contributed by atoms with Crippen LogP contribution >= 0.6 is 0 Å². The molecule has 2 aromatic carbocycles. The van der Waals surface area contributed by atoms with E-state index >= 15 is 0 Å². The number of nitrogens with zero attached hydrogens (tertiary/aromatic N) is 1. The van der Waals surface area contributed by atoms with E-state index in [4.69, 9.17) is 9.47 Å². The first-order chi connectivity index (χ1) is 17.0. The zero-order valence-corrected chi connectivity index (χ0v) is 20.1. The maximum absolute atomic E-state index is 14.1. The number of alkyl halides is 3. The van der Waals surface area contributed by atoms with E-state index < -0.39 is 35.1 Å². The van der Waals surface area contributed by atoms with Crippen LogP contribution in [0.1, 0.15) is 36.8 Å². The van der Waals surface area contributed by atoms with Gasteiger partial charge in [-0.15, -0.1) is 0 Å². The maximum atomic E-state index is 14.1. The van der Waals surface area contributed by atoms with Crippen molar-refractivity contribution in [2.45, 2.75) is 49.4 Å². The molecule has 0 spiro atoms. The van der Waals surface area contributed by atoms with Crippen LogP contribution in [0.4, 0.5) is 32.4 Å². The molecule has 1 saturated carbocycles. The van der Waals surface area contributed by atoms with Crippen LogP contribution in [0.15, 0.2) is 30.3 Å². The summed E-state index contributed by atoms with van der Waals surface area (Å²) in [5.74, 6) is -1.76. The molecule has 2 N–H and O–H groups in total. The average Bonchev–Trinajstić information content (AvgIpc) is 3.16. The lowest BCUT2D eigenvalue weighted by atomic mass is 9.65. The Morgan fingerprint density at radius 2 is 1.78 bits per heavy atom. The van der Waals surface area contributed by atoms with Crippen LogP contribution in [-0.2, 0) is 11.6 Å². The molecule has 2 aromatic rings. The monoisotopic (exact) mass is 513 g/mol. The number of nitrogens with one attached hydrogen (secondary N) is 2. The highest BCUT2D eigenvalue weighted by molar-refractivity contribution is 5.89. The number of carbonyl (C=O) groups is 1. The zero-order valence-electron chi connectivity index (χ0n) is 20.1. The van der Waals surface area contributed by atoms with Gasteiger partial charge in [0, 0.05) is 23.6 Å². The molecule has 1 aliphatic carbocycles. The van der Waals surface area contributed by atoms with E-state index in [9.17, 15) is 26.7 Å². The van der Waals surface area contributed by atoms with Crippen LogP contribution in [0.5, 0.6) is 11.5 Å². The number of amides is 2. The van der Waals surface area contributed by atoms with E-state index in [-0.39, 0.29) is 29.6 Å². The predicted octanol–water partition coefficient (Wildman–Crippen LogP) is 5.32. The lowest BCUT2D eigenvalue weighted by molar-refractivity contribution is -0.140. The van der Waals surface area contributed by atoms with Crippen LogP contribution in [0.3, 0.4) is 0 Å². The third-order valence-corrected chi connectivity index (χ3v) is 7.43. The lowest BCUT2D eigenvalue weighted by Gasteiger charge is -2.45. The Morgan fingerprint density at radius 1 is 1.06 bits per heavy atom. The minimum absolute atomic E-state index is 0.0917. The summed E-state index contributed by atoms with van der Waals surface area (Å²) >= 11 is 0. The molecule has 1 aliphatic heterocycles. The Kier molecular flexibility index (Phi) is 7.05. The van der Waals surface area contributed by atoms with Crippen molar-refractivity contribution in [1.82, 2.24) is 10.2 Å². The molecule has 0 radical (unpaired) electrons. The number of likely N-dealkylation sites (tertiary alicyclic amines) is 1. The van der Waals surface area contributed by atoms with Gasteiger partial charge in [0.05, 0.1) is 25.5 Å². The summed E-state index contributed by atoms with van der Waals surface area (Å²) in [6, 6.07) is 5.23. The van der Waals surface area contributed by atoms with Gasteiger partial charge < -0.3 is 25.0 Å². The number of ether oxygens (including phenoxy) is 2. The molecule has 2 amide bonds. The quantitative estimate of drug-likeness (QED) is 0.532. The van der Waals surface area contributed by atoms with Crippen LogP contribution in [0, 0.1) is 11.6 Å². The van der Waals surface area contributed by atoms with Gasteiger partial charge in [-0.3, -0.25) is 0 Å². The van der Waals surface area contributed by atoms with Gasteiger partial charge in [0.25, 0.3) is 0 Å². The van der Waals surface area contributed by atoms with Crippen molar-refractivity contribution in [3.63, 3.8) is 0 Å². The first-order valence-electron chi connectivity index (χ1n) is 11.5. The van der Waals surface area contributed by atoms with Crippen molar-refractivity contribution < 1.29 is 36.2 Å². The number of hydrogen-bond donors (Lipinski definition) is 2. The molecule has 1 heterocycles. The van der Waals surface area contributed by atoms with E-state index in [1.165, 1.54) is 0 Å². The number of urea groups is 1. The van der Waals surface area contributed by atoms with Crippen molar-refractivity contribution >= 4 is 11.7 Å². The molecular formula is C25H28F5N3O3. The smallest absolute Gasteiger partial charge is 0.419 e. The minimum Gasteiger partial charge on any atom is -0.493 e. The van der Waals surface area contributed by atoms with Gasteiger partial charge in [-0.25, -0.2) is 13.6 Å². The molecule has 1 saturated heterocycles. The minimum atomic E-state index is -5.02. The van der Waals surface area contributed by atoms with Gasteiger partial charge in [0.2, 0.25) is 0 Å². The van der Waals surface area contributed by atoms with Crippen molar-refractivity contribution in [2.24, 2.45) is 0 Å². The van der Waals surface area contributed by atoms with Crippen molar-refractivity contribution in [3.05, 3.63) is 53.1 Å². The van der Waals surface area contributed by atoms with E-state index in [0.717, 1.165) is 24.9 Å². The van der Waals surface area contributed by atoms with Gasteiger partial charge in [-0.1, -0.05) is 6.07 Å². The van der Waals surface area contributed by atoms with E-state index in [0.29, 0.717) is 24.3 Å². The molecule has 4 rings (SSSR count). The molecule has 11 heteroatoms. The summed E-state index contributed by atoms with van der Waals surface area (Å²) in [4.78, 5) is 14.8. The Morgan fingerprint density at radius 3 is 2.44 bits per heavy atom. The SMILES string of the molecule is COc1ccc([C@@]23CC[C@@H](NC(=O)Nc4cc(C(F)(F)F)c(F)cc4F)C[C@@H]2N(C)CC3)cc1OC. The highest BCUT2D eigenvalue weighted by Gasteiger charge is 2.50. The number of rotatable bonds is 5. The molecular weight excluding hydrogens is 485 g/mol. The lowest BCUT2D eigenvalue weighted by Crippen LogP contribution is -2.52. The molecule has 2 aliphatic rings. The second kappa shape index (κ2) is 9.76. The second-order valence-electron chi connectivity index (χ2n) is 9.35. The third kappa shape index (κ3) is 4.80. The summed E-state index contributed by atoms with van der Waals surface area (Å²) in [5, 5.41) is 4.85. The average molecular weight is 514 g/mol. The predicted molar refractivity (Wildman–Crippen MR) is 123 cm³/mol. The molecule has 196 valence electrons. The van der Waals surface area contributed by atoms with Crippen LogP contribution in [0.2, 0.25) is 0 Å². The molecule has 6 nitrogen and oxygen atoms in total. The summed E-state index contributed by atoms with van der Waals surface area (Å²) in [6.45, 7) is 0.860. The standard InChI is InChI=1S/C25H28F5N3O3/c1-33-9-8-24(14-4-5-20(35-2)21(10-14)36-3)7-6-15(11-22(24)33)31-23(34)32-19-12-16(25(28,29)30)17(26)13-18(19)27/h4-5,10,12-13,15,22H,6-9,11H2,1-3H3,(H2,31,32,34)/t15-,22+,24+/m1/s1. The largest absolute Gasteiger partial charge is 0.493 e. The van der Waals surface area contributed by atoms with Gasteiger partial charge in [-0.2, -0.15) is 13.2 Å². The van der Waals surface area contributed by atoms with E-state index in [2.05, 4.69) is 15.5 Å². The third-order valence-electron chi connectivity index (χ3n) is 7.43. The topological polar surface area (TPSA) is 62.8 Å². The molecule has 2 fully saturated rings. The normalized spacial score (nSPS) is 24.2. The number of hydrogen-bond acceptors (Lipinski definition) is 4. The van der Waals surface area contributed by atoms with Gasteiger partial charge in [0.15, 0.2) is 11.5 Å². The fraction of sp³-hybridized carbons (Fsp3) is 0.480. The first-order valence-corrected chi connectivity index (χ1v) is 11.5. The van der Waals surface area contributed by atoms with Crippen molar-refractivity contribution in [2.75, 3.05) is 33.1 Å². The molecule has 0 bridgehead atoms.